The van der Waals surface area contributed by atoms with Gasteiger partial charge in [-0.3, -0.25) is 0 Å². The van der Waals surface area contributed by atoms with Crippen molar-refractivity contribution in [3.63, 3.8) is 0 Å². The van der Waals surface area contributed by atoms with E-state index in [-0.39, 0.29) is 0 Å². The van der Waals surface area contributed by atoms with Gasteiger partial charge in [-0.15, -0.1) is 10.2 Å². The molecule has 0 atom stereocenters. The van der Waals surface area contributed by atoms with Crippen LogP contribution in [0, 0.1) is 0 Å². The molecule has 0 radical (unpaired) electrons. The quantitative estimate of drug-likeness (QED) is 0.937. The lowest BCUT2D eigenvalue weighted by atomic mass is 10.2. The summed E-state index contributed by atoms with van der Waals surface area (Å²) in [5, 5.41) is 13.4. The molecule has 0 spiro atoms. The molecular weight excluding hydrogens is 274 g/mol. The molecular formula is C14H17N3O2S. The summed E-state index contributed by atoms with van der Waals surface area (Å²) in [4.78, 5) is 0. The second-order valence-corrected chi connectivity index (χ2v) is 5.53. The van der Waals surface area contributed by atoms with Crippen LogP contribution < -0.4 is 14.8 Å². The summed E-state index contributed by atoms with van der Waals surface area (Å²) in [6, 6.07) is 5.92. The largest absolute Gasteiger partial charge is 0.490 e. The van der Waals surface area contributed by atoms with Crippen LogP contribution in [0.15, 0.2) is 18.2 Å². The van der Waals surface area contributed by atoms with Crippen LogP contribution in [0.3, 0.4) is 0 Å². The number of nitrogens with one attached hydrogen (secondary N) is 1. The second kappa shape index (κ2) is 6.09. The first-order valence-corrected chi connectivity index (χ1v) is 7.66. The van der Waals surface area contributed by atoms with E-state index in [0.29, 0.717) is 13.2 Å². The van der Waals surface area contributed by atoms with Gasteiger partial charge in [-0.1, -0.05) is 18.3 Å². The number of hydrogen-bond acceptors (Lipinski definition) is 6. The topological polar surface area (TPSA) is 56.3 Å². The number of aromatic nitrogens is 2. The molecule has 0 bridgehead atoms. The fourth-order valence-corrected chi connectivity index (χ4v) is 2.71. The molecule has 0 aliphatic carbocycles. The van der Waals surface area contributed by atoms with Crippen molar-refractivity contribution in [2.24, 2.45) is 0 Å². The van der Waals surface area contributed by atoms with E-state index in [1.165, 1.54) is 0 Å². The third-order valence-corrected chi connectivity index (χ3v) is 3.88. The Morgan fingerprint density at radius 2 is 2.05 bits per heavy atom. The zero-order valence-electron chi connectivity index (χ0n) is 11.4. The summed E-state index contributed by atoms with van der Waals surface area (Å²) < 4.78 is 11.3. The van der Waals surface area contributed by atoms with Crippen LogP contribution in [0.1, 0.15) is 19.8 Å². The Morgan fingerprint density at radius 1 is 1.20 bits per heavy atom. The smallest absolute Gasteiger partial charge is 0.206 e. The van der Waals surface area contributed by atoms with Gasteiger partial charge >= 0.3 is 0 Å². The molecule has 0 saturated carbocycles. The number of ether oxygens (including phenoxy) is 2. The molecule has 0 fully saturated rings. The molecule has 0 saturated heterocycles. The van der Waals surface area contributed by atoms with E-state index in [0.717, 1.165) is 46.6 Å². The van der Waals surface area contributed by atoms with Crippen molar-refractivity contribution in [2.45, 2.75) is 19.8 Å². The van der Waals surface area contributed by atoms with E-state index in [1.807, 2.05) is 18.2 Å². The Morgan fingerprint density at radius 3 is 2.90 bits per heavy atom. The molecule has 5 nitrogen and oxygen atoms in total. The third kappa shape index (κ3) is 2.85. The monoisotopic (exact) mass is 291 g/mol. The number of nitrogens with zero attached hydrogens (tertiary/aromatic N) is 2. The molecule has 1 aliphatic rings. The number of anilines is 1. The molecule has 2 aromatic rings. The maximum absolute atomic E-state index is 5.70. The summed E-state index contributed by atoms with van der Waals surface area (Å²) >= 11 is 1.55. The van der Waals surface area contributed by atoms with Crippen molar-refractivity contribution >= 4 is 16.5 Å². The fourth-order valence-electron chi connectivity index (χ4n) is 1.94. The van der Waals surface area contributed by atoms with Crippen molar-refractivity contribution in [3.05, 3.63) is 18.2 Å². The zero-order chi connectivity index (χ0) is 13.8. The minimum atomic E-state index is 0.690. The lowest BCUT2D eigenvalue weighted by molar-refractivity contribution is 0.297. The van der Waals surface area contributed by atoms with Crippen LogP contribution >= 0.6 is 11.3 Å². The van der Waals surface area contributed by atoms with E-state index in [1.54, 1.807) is 11.3 Å². The first kappa shape index (κ1) is 13.2. The Kier molecular flexibility index (Phi) is 4.01. The first-order chi connectivity index (χ1) is 9.86. The van der Waals surface area contributed by atoms with Crippen molar-refractivity contribution in [3.8, 4) is 22.1 Å². The van der Waals surface area contributed by atoms with Gasteiger partial charge in [-0.25, -0.2) is 0 Å². The molecule has 20 heavy (non-hydrogen) atoms. The minimum Gasteiger partial charge on any atom is -0.490 e. The highest BCUT2D eigenvalue weighted by Crippen LogP contribution is 2.35. The molecule has 6 heteroatoms. The van der Waals surface area contributed by atoms with E-state index in [4.69, 9.17) is 9.47 Å². The molecule has 106 valence electrons. The van der Waals surface area contributed by atoms with Gasteiger partial charge in [0.05, 0.1) is 13.2 Å². The van der Waals surface area contributed by atoms with Gasteiger partial charge in [0.25, 0.3) is 0 Å². The lowest BCUT2D eigenvalue weighted by Crippen LogP contribution is -1.98. The van der Waals surface area contributed by atoms with Gasteiger partial charge in [0.15, 0.2) is 11.5 Å². The maximum atomic E-state index is 5.70. The standard InChI is InChI=1S/C14H17N3O2S/c1-2-6-15-14-17-16-13(20-14)10-4-5-11-12(9-10)19-8-3-7-18-11/h4-5,9H,2-3,6-8H2,1H3,(H,15,17). The number of benzene rings is 1. The van der Waals surface area contributed by atoms with E-state index >= 15 is 0 Å². The Hall–Kier alpha value is -1.82. The predicted molar refractivity (Wildman–Crippen MR) is 79.7 cm³/mol. The summed E-state index contributed by atoms with van der Waals surface area (Å²) in [5.74, 6) is 1.60. The number of fused-ring (bicyclic) bond motifs is 1. The van der Waals surface area contributed by atoms with Crippen molar-refractivity contribution in [1.29, 1.82) is 0 Å². The Labute approximate surface area is 121 Å². The normalized spacial score (nSPS) is 13.8. The zero-order valence-corrected chi connectivity index (χ0v) is 12.2. The summed E-state index contributed by atoms with van der Waals surface area (Å²) in [6.07, 6.45) is 1.98. The average molecular weight is 291 g/mol. The summed E-state index contributed by atoms with van der Waals surface area (Å²) in [6.45, 7) is 4.43. The molecule has 0 amide bonds. The SMILES string of the molecule is CCCNc1nnc(-c2ccc3c(c2)OCCCO3)s1. The Balaban J connectivity index is 1.83. The Bertz CT molecular complexity index is 586. The van der Waals surface area contributed by atoms with Crippen molar-refractivity contribution in [1.82, 2.24) is 10.2 Å². The highest BCUT2D eigenvalue weighted by molar-refractivity contribution is 7.18. The van der Waals surface area contributed by atoms with Crippen LogP contribution in [-0.2, 0) is 0 Å². The highest BCUT2D eigenvalue weighted by atomic mass is 32.1. The third-order valence-electron chi connectivity index (χ3n) is 2.95. The van der Waals surface area contributed by atoms with Gasteiger partial charge in [0.2, 0.25) is 5.13 Å². The number of rotatable bonds is 4. The van der Waals surface area contributed by atoms with Crippen LogP contribution in [0.25, 0.3) is 10.6 Å². The van der Waals surface area contributed by atoms with Crippen molar-refractivity contribution in [2.75, 3.05) is 25.1 Å². The van der Waals surface area contributed by atoms with Gasteiger partial charge < -0.3 is 14.8 Å². The molecule has 1 aromatic heterocycles. The van der Waals surface area contributed by atoms with Crippen LogP contribution in [0.2, 0.25) is 0 Å². The van der Waals surface area contributed by atoms with E-state index in [9.17, 15) is 0 Å². The van der Waals surface area contributed by atoms with E-state index in [2.05, 4.69) is 22.4 Å². The summed E-state index contributed by atoms with van der Waals surface area (Å²) in [5.41, 5.74) is 1.01. The van der Waals surface area contributed by atoms with Crippen molar-refractivity contribution < 1.29 is 9.47 Å². The van der Waals surface area contributed by atoms with Crippen LogP contribution in [0.4, 0.5) is 5.13 Å². The van der Waals surface area contributed by atoms with E-state index < -0.39 is 0 Å². The summed E-state index contributed by atoms with van der Waals surface area (Å²) in [7, 11) is 0. The van der Waals surface area contributed by atoms with Crippen LogP contribution in [-0.4, -0.2) is 30.0 Å². The fraction of sp³-hybridized carbons (Fsp3) is 0.429. The average Bonchev–Trinajstić information content (AvgIpc) is 2.82. The van der Waals surface area contributed by atoms with Crippen LogP contribution in [0.5, 0.6) is 11.5 Å². The van der Waals surface area contributed by atoms with Gasteiger partial charge in [0, 0.05) is 18.5 Å². The first-order valence-electron chi connectivity index (χ1n) is 6.84. The predicted octanol–water partition coefficient (Wildman–Crippen LogP) is 3.19. The lowest BCUT2D eigenvalue weighted by Gasteiger charge is -2.07. The van der Waals surface area contributed by atoms with Gasteiger partial charge in [-0.05, 0) is 24.6 Å². The second-order valence-electron chi connectivity index (χ2n) is 4.55. The number of hydrogen-bond donors (Lipinski definition) is 1. The molecule has 0 unspecified atom stereocenters. The van der Waals surface area contributed by atoms with Gasteiger partial charge in [0.1, 0.15) is 5.01 Å². The molecule has 1 aromatic carbocycles. The molecule has 3 rings (SSSR count). The molecule has 1 N–H and O–H groups in total. The minimum absolute atomic E-state index is 0.690. The highest BCUT2D eigenvalue weighted by Gasteiger charge is 2.13. The van der Waals surface area contributed by atoms with Gasteiger partial charge in [-0.2, -0.15) is 0 Å². The molecule has 1 aliphatic heterocycles. The molecule has 2 heterocycles. The maximum Gasteiger partial charge on any atom is 0.206 e.